The second-order valence-electron chi connectivity index (χ2n) is 3.35. The Morgan fingerprint density at radius 2 is 1.89 bits per heavy atom. The molecule has 0 saturated carbocycles. The first kappa shape index (κ1) is 17.5. The standard InChI is InChI=1S/C10H10BrF4NO.ClH/c11-7-1-6(4-16)2-8(3-7)17-5-10(14,15)9(12)13;/h1-3,9H,4-5,16H2;1H. The van der Waals surface area contributed by atoms with Crippen LogP contribution in [0.5, 0.6) is 5.75 Å². The summed E-state index contributed by atoms with van der Waals surface area (Å²) in [6.45, 7) is -1.17. The number of halogens is 6. The fraction of sp³-hybridized carbons (Fsp3) is 0.400. The van der Waals surface area contributed by atoms with Crippen molar-refractivity contribution < 1.29 is 22.3 Å². The molecule has 0 unspecified atom stereocenters. The first-order valence-corrected chi connectivity index (χ1v) is 5.43. The monoisotopic (exact) mass is 351 g/mol. The van der Waals surface area contributed by atoms with Crippen LogP contribution < -0.4 is 10.5 Å². The highest BCUT2D eigenvalue weighted by Crippen LogP contribution is 2.26. The molecule has 8 heteroatoms. The van der Waals surface area contributed by atoms with Crippen LogP contribution in [0.25, 0.3) is 0 Å². The van der Waals surface area contributed by atoms with Crippen molar-refractivity contribution in [1.82, 2.24) is 0 Å². The van der Waals surface area contributed by atoms with E-state index in [9.17, 15) is 17.6 Å². The molecule has 0 atom stereocenters. The second-order valence-corrected chi connectivity index (χ2v) is 4.27. The van der Waals surface area contributed by atoms with Crippen LogP contribution in [0.15, 0.2) is 22.7 Å². The zero-order chi connectivity index (χ0) is 13.1. The molecule has 0 heterocycles. The lowest BCUT2D eigenvalue weighted by Crippen LogP contribution is -2.33. The summed E-state index contributed by atoms with van der Waals surface area (Å²) in [5, 5.41) is 0. The molecule has 0 aliphatic heterocycles. The average molecular weight is 353 g/mol. The van der Waals surface area contributed by atoms with E-state index < -0.39 is 19.0 Å². The summed E-state index contributed by atoms with van der Waals surface area (Å²) in [4.78, 5) is 0. The predicted octanol–water partition coefficient (Wildman–Crippen LogP) is 3.61. The zero-order valence-corrected chi connectivity index (χ0v) is 11.4. The number of hydrogen-bond acceptors (Lipinski definition) is 2. The van der Waals surface area contributed by atoms with E-state index in [0.717, 1.165) is 0 Å². The second kappa shape index (κ2) is 7.16. The van der Waals surface area contributed by atoms with Gasteiger partial charge in [-0.3, -0.25) is 0 Å². The molecule has 0 bridgehead atoms. The van der Waals surface area contributed by atoms with Crippen molar-refractivity contribution in [3.05, 3.63) is 28.2 Å². The molecule has 1 rings (SSSR count). The summed E-state index contributed by atoms with van der Waals surface area (Å²) in [6.07, 6.45) is -3.75. The highest BCUT2D eigenvalue weighted by molar-refractivity contribution is 9.10. The number of rotatable bonds is 5. The van der Waals surface area contributed by atoms with E-state index >= 15 is 0 Å². The molecule has 0 aliphatic rings. The van der Waals surface area contributed by atoms with E-state index in [4.69, 9.17) is 5.73 Å². The lowest BCUT2D eigenvalue weighted by molar-refractivity contribution is -0.148. The van der Waals surface area contributed by atoms with Gasteiger partial charge in [0, 0.05) is 11.0 Å². The summed E-state index contributed by atoms with van der Waals surface area (Å²) in [6, 6.07) is 4.51. The van der Waals surface area contributed by atoms with Gasteiger partial charge in [-0.15, -0.1) is 12.4 Å². The van der Waals surface area contributed by atoms with Crippen LogP contribution in [-0.4, -0.2) is 19.0 Å². The van der Waals surface area contributed by atoms with Crippen LogP contribution in [0.1, 0.15) is 5.56 Å². The van der Waals surface area contributed by atoms with Crippen LogP contribution in [0.4, 0.5) is 17.6 Å². The summed E-state index contributed by atoms with van der Waals surface area (Å²) >= 11 is 3.13. The molecule has 18 heavy (non-hydrogen) atoms. The van der Waals surface area contributed by atoms with Gasteiger partial charge in [0.1, 0.15) is 5.75 Å². The van der Waals surface area contributed by atoms with Crippen molar-refractivity contribution in [2.45, 2.75) is 18.9 Å². The first-order chi connectivity index (χ1) is 7.85. The molecule has 104 valence electrons. The van der Waals surface area contributed by atoms with Crippen LogP contribution in [0.3, 0.4) is 0 Å². The van der Waals surface area contributed by atoms with Gasteiger partial charge in [-0.05, 0) is 23.8 Å². The van der Waals surface area contributed by atoms with Crippen molar-refractivity contribution in [1.29, 1.82) is 0 Å². The zero-order valence-electron chi connectivity index (χ0n) is 9.01. The molecule has 2 N–H and O–H groups in total. The number of benzene rings is 1. The van der Waals surface area contributed by atoms with Crippen LogP contribution in [0, 0.1) is 0 Å². The van der Waals surface area contributed by atoms with Crippen LogP contribution >= 0.6 is 28.3 Å². The van der Waals surface area contributed by atoms with E-state index in [1.54, 1.807) is 6.07 Å². The van der Waals surface area contributed by atoms with Gasteiger partial charge in [-0.25, -0.2) is 8.78 Å². The fourth-order valence-electron chi connectivity index (χ4n) is 1.06. The fourth-order valence-corrected chi connectivity index (χ4v) is 1.58. The average Bonchev–Trinajstić information content (AvgIpc) is 2.25. The van der Waals surface area contributed by atoms with E-state index in [1.165, 1.54) is 12.1 Å². The first-order valence-electron chi connectivity index (χ1n) is 4.63. The van der Waals surface area contributed by atoms with Gasteiger partial charge in [0.2, 0.25) is 0 Å². The maximum absolute atomic E-state index is 12.6. The lowest BCUT2D eigenvalue weighted by Gasteiger charge is -2.16. The molecule has 0 fully saturated rings. The molecular formula is C10H11BrClF4NO. The van der Waals surface area contributed by atoms with Crippen molar-refractivity contribution >= 4 is 28.3 Å². The Bertz CT molecular complexity index is 392. The number of hydrogen-bond donors (Lipinski definition) is 1. The highest BCUT2D eigenvalue weighted by atomic mass is 79.9. The molecule has 0 amide bonds. The molecule has 0 saturated heterocycles. The third kappa shape index (κ3) is 4.99. The molecule has 1 aromatic rings. The molecule has 0 radical (unpaired) electrons. The third-order valence-electron chi connectivity index (χ3n) is 1.92. The normalized spacial score (nSPS) is 11.3. The van der Waals surface area contributed by atoms with Crippen molar-refractivity contribution in [2.75, 3.05) is 6.61 Å². The predicted molar refractivity (Wildman–Crippen MR) is 65.7 cm³/mol. The van der Waals surface area contributed by atoms with Gasteiger partial charge in [0.05, 0.1) is 0 Å². The topological polar surface area (TPSA) is 35.2 Å². The van der Waals surface area contributed by atoms with Gasteiger partial charge in [-0.1, -0.05) is 15.9 Å². The summed E-state index contributed by atoms with van der Waals surface area (Å²) < 4.78 is 54.2. The van der Waals surface area contributed by atoms with Crippen LogP contribution in [-0.2, 0) is 6.54 Å². The minimum Gasteiger partial charge on any atom is -0.487 e. The number of alkyl halides is 4. The maximum atomic E-state index is 12.6. The van der Waals surface area contributed by atoms with Crippen molar-refractivity contribution in [2.24, 2.45) is 5.73 Å². The smallest absolute Gasteiger partial charge is 0.340 e. The lowest BCUT2D eigenvalue weighted by atomic mass is 10.2. The third-order valence-corrected chi connectivity index (χ3v) is 2.38. The highest BCUT2D eigenvalue weighted by Gasteiger charge is 2.41. The van der Waals surface area contributed by atoms with Crippen molar-refractivity contribution in [3.8, 4) is 5.75 Å². The Hall–Kier alpha value is -0.530. The quantitative estimate of drug-likeness (QED) is 0.822. The maximum Gasteiger partial charge on any atom is 0.340 e. The SMILES string of the molecule is Cl.NCc1cc(Br)cc(OCC(F)(F)C(F)F)c1. The molecule has 1 aromatic carbocycles. The van der Waals surface area contributed by atoms with Gasteiger partial charge in [-0.2, -0.15) is 8.78 Å². The molecule has 0 spiro atoms. The van der Waals surface area contributed by atoms with Gasteiger partial charge >= 0.3 is 12.3 Å². The summed E-state index contributed by atoms with van der Waals surface area (Å²) in [7, 11) is 0. The van der Waals surface area contributed by atoms with E-state index in [2.05, 4.69) is 20.7 Å². The molecule has 2 nitrogen and oxygen atoms in total. The number of nitrogens with two attached hydrogens (primary N) is 1. The van der Waals surface area contributed by atoms with E-state index in [0.29, 0.717) is 10.0 Å². The molecule has 0 aromatic heterocycles. The van der Waals surface area contributed by atoms with E-state index in [-0.39, 0.29) is 24.7 Å². The largest absolute Gasteiger partial charge is 0.487 e. The Morgan fingerprint density at radius 3 is 2.39 bits per heavy atom. The Labute approximate surface area is 116 Å². The Morgan fingerprint density at radius 1 is 1.28 bits per heavy atom. The Kier molecular flexibility index (Phi) is 6.94. The minimum atomic E-state index is -4.16. The molecule has 0 aliphatic carbocycles. The van der Waals surface area contributed by atoms with Crippen molar-refractivity contribution in [3.63, 3.8) is 0 Å². The molecular weight excluding hydrogens is 341 g/mol. The van der Waals surface area contributed by atoms with Crippen LogP contribution in [0.2, 0.25) is 0 Å². The van der Waals surface area contributed by atoms with E-state index in [1.807, 2.05) is 0 Å². The summed E-state index contributed by atoms with van der Waals surface area (Å²) in [5.41, 5.74) is 6.02. The van der Waals surface area contributed by atoms with Gasteiger partial charge in [0.25, 0.3) is 0 Å². The van der Waals surface area contributed by atoms with Gasteiger partial charge < -0.3 is 10.5 Å². The summed E-state index contributed by atoms with van der Waals surface area (Å²) in [5.74, 6) is -4.09. The van der Waals surface area contributed by atoms with Gasteiger partial charge in [0.15, 0.2) is 6.61 Å². The minimum absolute atomic E-state index is 0. The number of ether oxygens (including phenoxy) is 1. The Balaban J connectivity index is 0.00000289.